The van der Waals surface area contributed by atoms with Crippen molar-refractivity contribution in [1.82, 2.24) is 20.6 Å². The van der Waals surface area contributed by atoms with Gasteiger partial charge in [-0.3, -0.25) is 24.2 Å². The lowest BCUT2D eigenvalue weighted by molar-refractivity contribution is -0.116. The lowest BCUT2D eigenvalue weighted by atomic mass is 9.89. The minimum atomic E-state index is -1.32. The Balaban J connectivity index is 1.32. The Morgan fingerprint density at radius 2 is 1.60 bits per heavy atom. The molecule has 0 atom stereocenters. The van der Waals surface area contributed by atoms with Gasteiger partial charge in [-0.05, 0) is 54.8 Å². The maximum absolute atomic E-state index is 13.3. The second kappa shape index (κ2) is 16.5. The van der Waals surface area contributed by atoms with E-state index in [1.54, 1.807) is 0 Å². The van der Waals surface area contributed by atoms with E-state index in [9.17, 15) is 39.0 Å². The van der Waals surface area contributed by atoms with Crippen molar-refractivity contribution in [2.75, 3.05) is 27.3 Å². The van der Waals surface area contributed by atoms with Crippen molar-refractivity contribution in [3.63, 3.8) is 0 Å². The number of amides is 2. The number of methoxy groups -OCH3 is 2. The Morgan fingerprint density at radius 1 is 0.906 bits per heavy atom. The molecule has 2 aliphatic rings. The van der Waals surface area contributed by atoms with Crippen molar-refractivity contribution in [3.8, 4) is 39.7 Å². The monoisotopic (exact) mass is 766 g/mol. The maximum atomic E-state index is 13.3. The summed E-state index contributed by atoms with van der Waals surface area (Å²) in [6.45, 7) is 0.690. The fourth-order valence-electron chi connectivity index (χ4n) is 5.57. The fraction of sp³-hybridized carbons (Fsp3) is 0.222. The summed E-state index contributed by atoms with van der Waals surface area (Å²) in [4.78, 5) is 78.0. The smallest absolute Gasteiger partial charge is 0.336 e. The second-order valence-corrected chi connectivity index (χ2v) is 12.3. The topological polar surface area (TPSA) is 230 Å². The van der Waals surface area contributed by atoms with Crippen LogP contribution in [0.25, 0.3) is 39.5 Å². The number of carboxylic acids is 1. The number of rotatable bonds is 14. The van der Waals surface area contributed by atoms with Gasteiger partial charge in [-0.1, -0.05) is 36.0 Å². The molecule has 1 aromatic heterocycles. The summed E-state index contributed by atoms with van der Waals surface area (Å²) in [6.07, 6.45) is 6.43. The number of nitrogens with one attached hydrogen (secondary N) is 4. The minimum Gasteiger partial charge on any atom is -0.503 e. The number of carbonyl (C=O) groups excluding carboxylic acids is 2. The number of hydrogen-bond donors (Lipinski definition) is 6. The predicted molar refractivity (Wildman–Crippen MR) is 197 cm³/mol. The quantitative estimate of drug-likeness (QED) is 0.0511. The summed E-state index contributed by atoms with van der Waals surface area (Å²) in [5.74, 6) is -3.03. The zero-order valence-electron chi connectivity index (χ0n) is 28.2. The molecule has 0 unspecified atom stereocenters. The number of aromatic nitrogens is 2. The molecule has 0 saturated carbocycles. The molecule has 3 aromatic rings. The van der Waals surface area contributed by atoms with E-state index >= 15 is 0 Å². The van der Waals surface area contributed by atoms with E-state index in [1.807, 2.05) is 0 Å². The molecule has 0 bridgehead atoms. The summed E-state index contributed by atoms with van der Waals surface area (Å²) in [7, 11) is 2.57. The SMILES string of the molecule is COc1cc2c(-c3cc(C(=O)NCCCCCCNC(=O)/C=C/c4c[nH]c(=O)[nH]c4=O)ccc3C(=O)O)c3cc(OC)c(=O)c(Cl)c-3oc2c(Cl)c1O. The molecule has 0 fully saturated rings. The highest BCUT2D eigenvalue weighted by Gasteiger charge is 2.29. The highest BCUT2D eigenvalue weighted by Crippen LogP contribution is 2.50. The molecular formula is C36H32Cl2N4O11. The first-order valence-corrected chi connectivity index (χ1v) is 16.8. The molecule has 2 heterocycles. The Hall–Kier alpha value is -6.06. The van der Waals surface area contributed by atoms with Gasteiger partial charge in [0.1, 0.15) is 10.0 Å². The summed E-state index contributed by atoms with van der Waals surface area (Å²) in [5, 5.41) is 25.9. The molecular weight excluding hydrogens is 735 g/mol. The van der Waals surface area contributed by atoms with E-state index in [0.717, 1.165) is 12.8 Å². The number of aromatic carboxylic acids is 1. The van der Waals surface area contributed by atoms with Crippen molar-refractivity contribution in [3.05, 3.63) is 100 Å². The average molecular weight is 768 g/mol. The molecule has 15 nitrogen and oxygen atoms in total. The first-order valence-electron chi connectivity index (χ1n) is 16.0. The number of H-pyrrole nitrogens is 2. The molecule has 276 valence electrons. The first kappa shape index (κ1) is 38.2. The molecule has 53 heavy (non-hydrogen) atoms. The summed E-state index contributed by atoms with van der Waals surface area (Å²) in [6, 6.07) is 6.75. The normalized spacial score (nSPS) is 11.2. The molecule has 5 rings (SSSR count). The molecule has 1 aliphatic carbocycles. The van der Waals surface area contributed by atoms with Gasteiger partial charge < -0.3 is 39.7 Å². The lowest BCUT2D eigenvalue weighted by Crippen LogP contribution is -2.25. The van der Waals surface area contributed by atoms with Gasteiger partial charge in [0.15, 0.2) is 28.6 Å². The van der Waals surface area contributed by atoms with Gasteiger partial charge in [0, 0.05) is 47.4 Å². The third kappa shape index (κ3) is 8.21. The van der Waals surface area contributed by atoms with Crippen LogP contribution in [-0.2, 0) is 4.79 Å². The number of halogens is 2. The fourth-order valence-corrected chi connectivity index (χ4v) is 6.04. The van der Waals surface area contributed by atoms with Crippen LogP contribution in [0.15, 0.2) is 61.4 Å². The zero-order chi connectivity index (χ0) is 38.4. The van der Waals surface area contributed by atoms with E-state index < -0.39 is 40.2 Å². The molecule has 0 spiro atoms. The zero-order valence-corrected chi connectivity index (χ0v) is 29.7. The number of hydrogen-bond acceptors (Lipinski definition) is 10. The van der Waals surface area contributed by atoms with Crippen molar-refractivity contribution in [2.45, 2.75) is 25.7 Å². The third-order valence-corrected chi connectivity index (χ3v) is 8.91. The van der Waals surface area contributed by atoms with Crippen molar-refractivity contribution in [2.24, 2.45) is 0 Å². The number of aromatic hydroxyl groups is 1. The third-order valence-electron chi connectivity index (χ3n) is 8.22. The van der Waals surface area contributed by atoms with Crippen LogP contribution in [0.2, 0.25) is 10.0 Å². The largest absolute Gasteiger partial charge is 0.503 e. The molecule has 2 aromatic carbocycles. The van der Waals surface area contributed by atoms with Gasteiger partial charge in [-0.25, -0.2) is 9.59 Å². The summed E-state index contributed by atoms with van der Waals surface area (Å²) >= 11 is 12.9. The Labute approximate surface area is 309 Å². The predicted octanol–water partition coefficient (Wildman–Crippen LogP) is 4.79. The van der Waals surface area contributed by atoms with Gasteiger partial charge in [-0.2, -0.15) is 0 Å². The van der Waals surface area contributed by atoms with Crippen molar-refractivity contribution < 1.29 is 38.5 Å². The van der Waals surface area contributed by atoms with Gasteiger partial charge in [0.2, 0.25) is 11.3 Å². The van der Waals surface area contributed by atoms with Crippen LogP contribution in [0.5, 0.6) is 17.2 Å². The first-order chi connectivity index (χ1) is 25.4. The number of aromatic amines is 2. The second-order valence-electron chi connectivity index (χ2n) is 11.6. The van der Waals surface area contributed by atoms with Crippen LogP contribution in [0.4, 0.5) is 0 Å². The van der Waals surface area contributed by atoms with Crippen molar-refractivity contribution in [1.29, 1.82) is 0 Å². The number of phenolic OH excluding ortho intramolecular Hbond substituents is 1. The van der Waals surface area contributed by atoms with E-state index in [-0.39, 0.29) is 71.7 Å². The van der Waals surface area contributed by atoms with E-state index in [4.69, 9.17) is 37.1 Å². The molecule has 0 saturated heterocycles. The van der Waals surface area contributed by atoms with E-state index in [1.165, 1.54) is 62.9 Å². The average Bonchev–Trinajstić information content (AvgIpc) is 3.14. The maximum Gasteiger partial charge on any atom is 0.336 e. The summed E-state index contributed by atoms with van der Waals surface area (Å²) in [5.41, 5.74) is -1.64. The highest BCUT2D eigenvalue weighted by molar-refractivity contribution is 6.38. The van der Waals surface area contributed by atoms with Crippen LogP contribution in [-0.4, -0.2) is 65.3 Å². The van der Waals surface area contributed by atoms with E-state index in [2.05, 4.69) is 20.6 Å². The number of phenols is 1. The minimum absolute atomic E-state index is 0.0535. The standard InChI is InChI=1S/C36H32Cl2N4O11/c1-51-23-14-21-26(22-15-24(52-2)30(45)28(38)32(22)53-31(21)27(37)29(23)44)20-13-17(7-9-19(20)35(48)49)33(46)40-12-6-4-3-5-11-39-25(43)10-8-18-16-41-36(50)42-34(18)47/h7-10,13-16,44H,3-6,11-12H2,1-2H3,(H,39,43)(H,40,46)(H,48,49)(H2,41,42,47,50)/b10-8+. The van der Waals surface area contributed by atoms with Gasteiger partial charge in [0.25, 0.3) is 11.5 Å². The number of unbranched alkanes of at least 4 members (excludes halogenated alkanes) is 3. The number of carboxylic acid groups (broad SMARTS) is 1. The Kier molecular flexibility index (Phi) is 11.9. The highest BCUT2D eigenvalue weighted by atomic mass is 35.5. The lowest BCUT2D eigenvalue weighted by Gasteiger charge is -2.20. The van der Waals surface area contributed by atoms with Gasteiger partial charge >= 0.3 is 11.7 Å². The number of benzene rings is 3. The van der Waals surface area contributed by atoms with Crippen LogP contribution in [0.1, 0.15) is 52.0 Å². The van der Waals surface area contributed by atoms with Crippen LogP contribution >= 0.6 is 23.2 Å². The molecule has 17 heteroatoms. The van der Waals surface area contributed by atoms with Crippen LogP contribution in [0.3, 0.4) is 0 Å². The molecule has 6 N–H and O–H groups in total. The number of fused-ring (bicyclic) bond motifs is 2. The van der Waals surface area contributed by atoms with Gasteiger partial charge in [0.05, 0.1) is 25.3 Å². The molecule has 2 amide bonds. The Morgan fingerprint density at radius 3 is 2.26 bits per heavy atom. The molecule has 1 aliphatic heterocycles. The number of carbonyl (C=O) groups is 3. The summed E-state index contributed by atoms with van der Waals surface area (Å²) < 4.78 is 16.5. The molecule has 0 radical (unpaired) electrons. The Bertz CT molecular complexity index is 2420. The van der Waals surface area contributed by atoms with Gasteiger partial charge in [-0.15, -0.1) is 0 Å². The van der Waals surface area contributed by atoms with E-state index in [0.29, 0.717) is 25.9 Å². The number of ether oxygens (including phenoxy) is 2. The van der Waals surface area contributed by atoms with Crippen LogP contribution < -0.4 is 36.8 Å². The van der Waals surface area contributed by atoms with Crippen LogP contribution in [0, 0.1) is 0 Å². The van der Waals surface area contributed by atoms with Crippen molar-refractivity contribution >= 4 is 58.0 Å².